The number of carbonyl (C=O) groups is 1. The predicted molar refractivity (Wildman–Crippen MR) is 108 cm³/mol. The molecule has 0 bridgehead atoms. The first-order chi connectivity index (χ1) is 12.0. The average molecular weight is 466 g/mol. The van der Waals surface area contributed by atoms with E-state index in [4.69, 9.17) is 11.6 Å². The second kappa shape index (κ2) is 8.01. The first-order valence-electron chi connectivity index (χ1n) is 7.78. The van der Waals surface area contributed by atoms with E-state index in [1.54, 1.807) is 36.3 Å². The number of amides is 1. The molecule has 0 saturated carbocycles. The lowest BCUT2D eigenvalue weighted by Gasteiger charge is -2.16. The molecule has 0 fully saturated rings. The molecule has 4 nitrogen and oxygen atoms in total. The van der Waals surface area contributed by atoms with Crippen molar-refractivity contribution in [3.63, 3.8) is 0 Å². The van der Waals surface area contributed by atoms with Crippen molar-refractivity contribution in [2.24, 2.45) is 0 Å². The van der Waals surface area contributed by atoms with Crippen molar-refractivity contribution in [3.05, 3.63) is 86.2 Å². The summed E-state index contributed by atoms with van der Waals surface area (Å²) in [5, 5.41) is 5.04. The maximum Gasteiger partial charge on any atom is 0.253 e. The number of carbonyl (C=O) groups excluding carboxylic acids is 1. The van der Waals surface area contributed by atoms with Gasteiger partial charge in [0.05, 0.1) is 17.8 Å². The summed E-state index contributed by atoms with van der Waals surface area (Å²) in [5.41, 5.74) is 2.82. The van der Waals surface area contributed by atoms with Gasteiger partial charge in [-0.15, -0.1) is 0 Å². The summed E-state index contributed by atoms with van der Waals surface area (Å²) in [6, 6.07) is 15.5. The lowest BCUT2D eigenvalue weighted by atomic mass is 10.2. The molecular formula is C19H17ClIN3O. The van der Waals surface area contributed by atoms with Crippen LogP contribution in [0.1, 0.15) is 21.5 Å². The number of nitrogens with zero attached hydrogens (tertiary/aromatic N) is 3. The molecule has 6 heteroatoms. The fourth-order valence-corrected chi connectivity index (χ4v) is 3.17. The highest BCUT2D eigenvalue weighted by Gasteiger charge is 2.14. The molecule has 0 radical (unpaired) electrons. The van der Waals surface area contributed by atoms with E-state index in [-0.39, 0.29) is 5.91 Å². The lowest BCUT2D eigenvalue weighted by molar-refractivity contribution is 0.0785. The minimum absolute atomic E-state index is 0.0367. The molecule has 0 aliphatic rings. The third-order valence-electron chi connectivity index (χ3n) is 3.81. The summed E-state index contributed by atoms with van der Waals surface area (Å²) in [5.74, 6) is -0.0367. The Morgan fingerprint density at radius 1 is 1.20 bits per heavy atom. The standard InChI is InChI=1S/C19H17ClIN3O/c1-23(19(25)16-7-8-17(20)18(21)9-16)11-15-10-22-24(13-15)12-14-5-3-2-4-6-14/h2-10,13H,11-12H2,1H3. The van der Waals surface area contributed by atoms with E-state index >= 15 is 0 Å². The van der Waals surface area contributed by atoms with Gasteiger partial charge in [0.1, 0.15) is 0 Å². The summed E-state index contributed by atoms with van der Waals surface area (Å²) < 4.78 is 2.75. The maximum absolute atomic E-state index is 12.6. The van der Waals surface area contributed by atoms with Gasteiger partial charge in [0.2, 0.25) is 0 Å². The molecule has 0 aliphatic heterocycles. The van der Waals surface area contributed by atoms with Crippen LogP contribution in [0.4, 0.5) is 0 Å². The Balaban J connectivity index is 1.65. The first-order valence-corrected chi connectivity index (χ1v) is 9.24. The Labute approximate surface area is 165 Å². The Morgan fingerprint density at radius 3 is 2.68 bits per heavy atom. The van der Waals surface area contributed by atoms with Crippen LogP contribution >= 0.6 is 34.2 Å². The number of aromatic nitrogens is 2. The van der Waals surface area contributed by atoms with Gasteiger partial charge in [-0.05, 0) is 46.4 Å². The normalized spacial score (nSPS) is 10.7. The quantitative estimate of drug-likeness (QED) is 0.522. The van der Waals surface area contributed by atoms with Crippen molar-refractivity contribution in [3.8, 4) is 0 Å². The van der Waals surface area contributed by atoms with Gasteiger partial charge in [-0.25, -0.2) is 0 Å². The topological polar surface area (TPSA) is 38.1 Å². The summed E-state index contributed by atoms with van der Waals surface area (Å²) in [6.45, 7) is 1.22. The molecule has 3 rings (SSSR count). The minimum Gasteiger partial charge on any atom is -0.337 e. The molecule has 128 valence electrons. The van der Waals surface area contributed by atoms with E-state index in [0.717, 1.165) is 9.13 Å². The molecule has 3 aromatic rings. The molecule has 0 atom stereocenters. The highest BCUT2D eigenvalue weighted by atomic mass is 127. The summed E-state index contributed by atoms with van der Waals surface area (Å²) in [6.07, 6.45) is 3.78. The van der Waals surface area contributed by atoms with Crippen molar-refractivity contribution in [2.75, 3.05) is 7.05 Å². The van der Waals surface area contributed by atoms with Crippen molar-refractivity contribution < 1.29 is 4.79 Å². The van der Waals surface area contributed by atoms with Gasteiger partial charge in [-0.1, -0.05) is 41.9 Å². The third kappa shape index (κ3) is 4.61. The summed E-state index contributed by atoms with van der Waals surface area (Å²) in [7, 11) is 1.79. The van der Waals surface area contributed by atoms with Crippen LogP contribution in [0.5, 0.6) is 0 Å². The zero-order valence-corrected chi connectivity index (χ0v) is 16.6. The molecule has 1 heterocycles. The Morgan fingerprint density at radius 2 is 1.96 bits per heavy atom. The van der Waals surface area contributed by atoms with Crippen LogP contribution in [0.15, 0.2) is 60.9 Å². The molecule has 0 aliphatic carbocycles. The van der Waals surface area contributed by atoms with Crippen LogP contribution in [-0.2, 0) is 13.1 Å². The highest BCUT2D eigenvalue weighted by Crippen LogP contribution is 2.20. The zero-order valence-electron chi connectivity index (χ0n) is 13.7. The Bertz CT molecular complexity index is 879. The fourth-order valence-electron chi connectivity index (χ4n) is 2.54. The van der Waals surface area contributed by atoms with Crippen LogP contribution in [-0.4, -0.2) is 27.6 Å². The molecule has 25 heavy (non-hydrogen) atoms. The van der Waals surface area contributed by atoms with E-state index in [9.17, 15) is 4.79 Å². The van der Waals surface area contributed by atoms with E-state index in [2.05, 4.69) is 39.8 Å². The van der Waals surface area contributed by atoms with Gasteiger partial charge in [-0.3, -0.25) is 9.48 Å². The molecule has 1 aromatic heterocycles. The minimum atomic E-state index is -0.0367. The number of benzene rings is 2. The highest BCUT2D eigenvalue weighted by molar-refractivity contribution is 14.1. The molecule has 1 amide bonds. The van der Waals surface area contributed by atoms with Gasteiger partial charge < -0.3 is 4.90 Å². The van der Waals surface area contributed by atoms with Gasteiger partial charge in [0, 0.05) is 34.5 Å². The first kappa shape index (κ1) is 17.9. The van der Waals surface area contributed by atoms with E-state index in [0.29, 0.717) is 23.7 Å². The summed E-state index contributed by atoms with van der Waals surface area (Å²) in [4.78, 5) is 14.2. The number of rotatable bonds is 5. The second-order valence-corrected chi connectivity index (χ2v) is 7.39. The van der Waals surface area contributed by atoms with Gasteiger partial charge in [-0.2, -0.15) is 5.10 Å². The monoisotopic (exact) mass is 465 g/mol. The van der Waals surface area contributed by atoms with Crippen LogP contribution in [0, 0.1) is 3.57 Å². The van der Waals surface area contributed by atoms with Crippen molar-refractivity contribution in [1.82, 2.24) is 14.7 Å². The molecular weight excluding hydrogens is 449 g/mol. The SMILES string of the molecule is CN(Cc1cnn(Cc2ccccc2)c1)C(=O)c1ccc(Cl)c(I)c1. The van der Waals surface area contributed by atoms with Gasteiger partial charge in [0.15, 0.2) is 0 Å². The smallest absolute Gasteiger partial charge is 0.253 e. The predicted octanol–water partition coefficient (Wildman–Crippen LogP) is 4.46. The second-order valence-electron chi connectivity index (χ2n) is 5.82. The van der Waals surface area contributed by atoms with E-state index in [1.807, 2.05) is 29.1 Å². The van der Waals surface area contributed by atoms with Crippen molar-refractivity contribution >= 4 is 40.1 Å². The largest absolute Gasteiger partial charge is 0.337 e. The van der Waals surface area contributed by atoms with Crippen molar-refractivity contribution in [1.29, 1.82) is 0 Å². The van der Waals surface area contributed by atoms with Crippen LogP contribution in [0.25, 0.3) is 0 Å². The Hall–Kier alpha value is -1.86. The molecule has 0 N–H and O–H groups in total. The third-order valence-corrected chi connectivity index (χ3v) is 5.35. The van der Waals surface area contributed by atoms with Crippen LogP contribution in [0.2, 0.25) is 5.02 Å². The molecule has 2 aromatic carbocycles. The van der Waals surface area contributed by atoms with Gasteiger partial charge >= 0.3 is 0 Å². The van der Waals surface area contributed by atoms with Crippen LogP contribution < -0.4 is 0 Å². The maximum atomic E-state index is 12.6. The van der Waals surface area contributed by atoms with Crippen LogP contribution in [0.3, 0.4) is 0 Å². The number of halogens is 2. The molecule has 0 unspecified atom stereocenters. The van der Waals surface area contributed by atoms with E-state index in [1.165, 1.54) is 5.56 Å². The molecule has 0 spiro atoms. The zero-order chi connectivity index (χ0) is 17.8. The van der Waals surface area contributed by atoms with Crippen molar-refractivity contribution in [2.45, 2.75) is 13.1 Å². The molecule has 0 saturated heterocycles. The number of hydrogen-bond acceptors (Lipinski definition) is 2. The summed E-state index contributed by atoms with van der Waals surface area (Å²) >= 11 is 8.15. The number of hydrogen-bond donors (Lipinski definition) is 0. The fraction of sp³-hybridized carbons (Fsp3) is 0.158. The average Bonchev–Trinajstić information content (AvgIpc) is 3.04. The van der Waals surface area contributed by atoms with E-state index < -0.39 is 0 Å². The Kier molecular flexibility index (Phi) is 5.75. The lowest BCUT2D eigenvalue weighted by Crippen LogP contribution is -2.26. The van der Waals surface area contributed by atoms with Gasteiger partial charge in [0.25, 0.3) is 5.91 Å².